The summed E-state index contributed by atoms with van der Waals surface area (Å²) in [5.74, 6) is -0.0194. The monoisotopic (exact) mass is 530 g/mol. The van der Waals surface area contributed by atoms with Gasteiger partial charge in [0.15, 0.2) is 0 Å². The third-order valence-corrected chi connectivity index (χ3v) is 5.94. The van der Waals surface area contributed by atoms with Crippen LogP contribution in [0.4, 0.5) is 5.69 Å². The van der Waals surface area contributed by atoms with Gasteiger partial charge in [-0.25, -0.2) is 4.98 Å². The average molecular weight is 530 g/mol. The van der Waals surface area contributed by atoms with Crippen LogP contribution in [0, 0.1) is 16.5 Å². The fourth-order valence-electron chi connectivity index (χ4n) is 3.58. The lowest BCUT2D eigenvalue weighted by Gasteiger charge is -2.23. The Morgan fingerprint density at radius 2 is 1.97 bits per heavy atom. The van der Waals surface area contributed by atoms with Crippen LogP contribution in [0.2, 0.25) is 0 Å². The molecule has 0 atom stereocenters. The maximum Gasteiger partial charge on any atom is 0.261 e. The summed E-state index contributed by atoms with van der Waals surface area (Å²) in [6.45, 7) is 4.14. The summed E-state index contributed by atoms with van der Waals surface area (Å²) in [6, 6.07) is 7.29. The molecule has 0 aliphatic carbocycles. The zero-order valence-corrected chi connectivity index (χ0v) is 19.3. The van der Waals surface area contributed by atoms with Gasteiger partial charge in [-0.15, -0.1) is 0 Å². The van der Waals surface area contributed by atoms with Gasteiger partial charge in [0.05, 0.1) is 23.1 Å². The number of amides is 1. The quantitative estimate of drug-likeness (QED) is 0.400. The maximum atomic E-state index is 13.2. The van der Waals surface area contributed by atoms with Crippen molar-refractivity contribution in [2.75, 3.05) is 18.5 Å². The topological polar surface area (TPSA) is 86.1 Å². The highest BCUT2D eigenvalue weighted by atomic mass is 127. The molecule has 4 rings (SSSR count). The van der Waals surface area contributed by atoms with Crippen molar-refractivity contribution in [3.8, 4) is 11.3 Å². The van der Waals surface area contributed by atoms with Gasteiger partial charge in [0.1, 0.15) is 9.26 Å². The number of rotatable bonds is 5. The van der Waals surface area contributed by atoms with Gasteiger partial charge >= 0.3 is 0 Å². The standard InChI is InChI=1S/C23H23IN4O3/c1-15-2-4-20(25-10-15)18-13-28(12-16-6-8-31-9-7-16)14-19(22(18)29)23(30)27-17-3-5-21(24)26-11-17/h2-5,10-11,13-14,16H,6-9,12H2,1H3,(H,27,30). The van der Waals surface area contributed by atoms with E-state index in [1.807, 2.05) is 23.6 Å². The van der Waals surface area contributed by atoms with E-state index < -0.39 is 5.91 Å². The summed E-state index contributed by atoms with van der Waals surface area (Å²) < 4.78 is 8.22. The molecule has 8 heteroatoms. The van der Waals surface area contributed by atoms with Crippen LogP contribution in [0.5, 0.6) is 0 Å². The second kappa shape index (κ2) is 9.69. The Kier molecular flexibility index (Phi) is 6.77. The molecule has 160 valence electrons. The average Bonchev–Trinajstić information content (AvgIpc) is 2.78. The lowest BCUT2D eigenvalue weighted by molar-refractivity contribution is 0.0612. The molecule has 1 saturated heterocycles. The van der Waals surface area contributed by atoms with E-state index in [1.54, 1.807) is 36.9 Å². The molecule has 0 saturated carbocycles. The summed E-state index contributed by atoms with van der Waals surface area (Å²) >= 11 is 2.10. The smallest absolute Gasteiger partial charge is 0.261 e. The van der Waals surface area contributed by atoms with Crippen molar-refractivity contribution in [3.63, 3.8) is 0 Å². The zero-order chi connectivity index (χ0) is 21.8. The molecule has 0 aromatic carbocycles. The number of carbonyl (C=O) groups is 1. The molecule has 3 aromatic rings. The van der Waals surface area contributed by atoms with E-state index >= 15 is 0 Å². The third kappa shape index (κ3) is 5.37. The van der Waals surface area contributed by atoms with Gasteiger partial charge in [-0.2, -0.15) is 0 Å². The van der Waals surface area contributed by atoms with Crippen LogP contribution in [0.15, 0.2) is 53.8 Å². The van der Waals surface area contributed by atoms with E-state index in [4.69, 9.17) is 4.74 Å². The predicted molar refractivity (Wildman–Crippen MR) is 127 cm³/mol. The molecule has 4 heterocycles. The lowest BCUT2D eigenvalue weighted by Crippen LogP contribution is -2.27. The Hall–Kier alpha value is -2.59. The van der Waals surface area contributed by atoms with Crippen molar-refractivity contribution < 1.29 is 9.53 Å². The fraction of sp³-hybridized carbons (Fsp3) is 0.304. The van der Waals surface area contributed by atoms with E-state index in [2.05, 4.69) is 37.9 Å². The molecule has 0 unspecified atom stereocenters. The number of nitrogens with zero attached hydrogens (tertiary/aromatic N) is 3. The molecule has 0 radical (unpaired) electrons. The molecule has 1 aliphatic heterocycles. The zero-order valence-electron chi connectivity index (χ0n) is 17.2. The summed E-state index contributed by atoms with van der Waals surface area (Å²) in [4.78, 5) is 34.8. The van der Waals surface area contributed by atoms with Crippen LogP contribution >= 0.6 is 22.6 Å². The van der Waals surface area contributed by atoms with E-state index in [0.717, 1.165) is 35.3 Å². The Morgan fingerprint density at radius 1 is 1.16 bits per heavy atom. The van der Waals surface area contributed by atoms with Crippen molar-refractivity contribution in [3.05, 3.63) is 74.1 Å². The van der Waals surface area contributed by atoms with Gasteiger partial charge < -0.3 is 14.6 Å². The van der Waals surface area contributed by atoms with Crippen LogP contribution in [-0.4, -0.2) is 33.7 Å². The molecule has 1 amide bonds. The first kappa shape index (κ1) is 21.6. The summed E-state index contributed by atoms with van der Waals surface area (Å²) in [5.41, 5.74) is 2.27. The molecule has 3 aromatic heterocycles. The highest BCUT2D eigenvalue weighted by Crippen LogP contribution is 2.20. The van der Waals surface area contributed by atoms with Crippen molar-refractivity contribution in [1.82, 2.24) is 14.5 Å². The number of halogens is 1. The number of ether oxygens (including phenoxy) is 1. The lowest BCUT2D eigenvalue weighted by atomic mass is 10.00. The van der Waals surface area contributed by atoms with Crippen molar-refractivity contribution in [1.29, 1.82) is 0 Å². The minimum atomic E-state index is -0.456. The summed E-state index contributed by atoms with van der Waals surface area (Å²) in [5, 5.41) is 2.79. The Bertz CT molecular complexity index is 1120. The van der Waals surface area contributed by atoms with E-state index in [9.17, 15) is 9.59 Å². The maximum absolute atomic E-state index is 13.2. The minimum Gasteiger partial charge on any atom is -0.381 e. The minimum absolute atomic E-state index is 0.0884. The number of hydrogen-bond donors (Lipinski definition) is 1. The number of hydrogen-bond acceptors (Lipinski definition) is 5. The van der Waals surface area contributed by atoms with E-state index in [-0.39, 0.29) is 11.0 Å². The summed E-state index contributed by atoms with van der Waals surface area (Å²) in [6.07, 6.45) is 8.66. The second-order valence-corrected chi connectivity index (χ2v) is 8.82. The molecule has 1 N–H and O–H groups in total. The number of nitrogens with one attached hydrogen (secondary N) is 1. The fourth-order valence-corrected chi connectivity index (χ4v) is 3.90. The van der Waals surface area contributed by atoms with E-state index in [1.165, 1.54) is 0 Å². The van der Waals surface area contributed by atoms with Gasteiger partial charge in [0.25, 0.3) is 5.91 Å². The van der Waals surface area contributed by atoms with Crippen LogP contribution in [0.3, 0.4) is 0 Å². The molecular formula is C23H23IN4O3. The number of aromatic nitrogens is 3. The van der Waals surface area contributed by atoms with Gasteiger partial charge in [-0.05, 0) is 72.0 Å². The van der Waals surface area contributed by atoms with Crippen LogP contribution in [-0.2, 0) is 11.3 Å². The third-order valence-electron chi connectivity index (χ3n) is 5.31. The molecule has 0 bridgehead atoms. The number of pyridine rings is 3. The van der Waals surface area contributed by atoms with Crippen molar-refractivity contribution in [2.45, 2.75) is 26.3 Å². The Morgan fingerprint density at radius 3 is 2.65 bits per heavy atom. The largest absolute Gasteiger partial charge is 0.381 e. The highest BCUT2D eigenvalue weighted by molar-refractivity contribution is 14.1. The van der Waals surface area contributed by atoms with Gasteiger partial charge in [-0.3, -0.25) is 14.6 Å². The van der Waals surface area contributed by atoms with Crippen LogP contribution in [0.1, 0.15) is 28.8 Å². The number of aryl methyl sites for hydroxylation is 1. The van der Waals surface area contributed by atoms with Crippen molar-refractivity contribution >= 4 is 34.2 Å². The number of anilines is 1. The molecular weight excluding hydrogens is 507 g/mol. The van der Waals surface area contributed by atoms with Crippen molar-refractivity contribution in [2.24, 2.45) is 5.92 Å². The van der Waals surface area contributed by atoms with Gasteiger partial charge in [0.2, 0.25) is 5.43 Å². The first-order valence-electron chi connectivity index (χ1n) is 10.2. The SMILES string of the molecule is Cc1ccc(-c2cn(CC3CCOCC3)cc(C(=O)Nc3ccc(I)nc3)c2=O)nc1. The Labute approximate surface area is 194 Å². The molecule has 7 nitrogen and oxygen atoms in total. The van der Waals surface area contributed by atoms with Crippen LogP contribution in [0.25, 0.3) is 11.3 Å². The predicted octanol–water partition coefficient (Wildman–Crippen LogP) is 3.90. The molecule has 0 spiro atoms. The van der Waals surface area contributed by atoms with Gasteiger partial charge in [0, 0.05) is 38.3 Å². The van der Waals surface area contributed by atoms with Gasteiger partial charge in [-0.1, -0.05) is 6.07 Å². The summed E-state index contributed by atoms with van der Waals surface area (Å²) in [7, 11) is 0. The second-order valence-electron chi connectivity index (χ2n) is 7.71. The molecule has 31 heavy (non-hydrogen) atoms. The normalized spacial score (nSPS) is 14.4. The molecule has 1 fully saturated rings. The first-order valence-corrected chi connectivity index (χ1v) is 11.3. The van der Waals surface area contributed by atoms with E-state index in [0.29, 0.717) is 29.4 Å². The van der Waals surface area contributed by atoms with Crippen LogP contribution < -0.4 is 10.7 Å². The first-order chi connectivity index (χ1) is 15.0. The number of carbonyl (C=O) groups excluding carboxylic acids is 1. The Balaban J connectivity index is 1.71. The highest BCUT2D eigenvalue weighted by Gasteiger charge is 2.20. The molecule has 1 aliphatic rings.